The van der Waals surface area contributed by atoms with Crippen LogP contribution in [0.1, 0.15) is 22.3 Å². The van der Waals surface area contributed by atoms with Crippen LogP contribution in [0.15, 0.2) is 108 Å². The fourth-order valence-corrected chi connectivity index (χ4v) is 4.56. The molecule has 0 saturated heterocycles. The van der Waals surface area contributed by atoms with E-state index in [4.69, 9.17) is 4.99 Å². The normalized spacial score (nSPS) is 14.1. The first-order valence-corrected chi connectivity index (χ1v) is 10.0. The summed E-state index contributed by atoms with van der Waals surface area (Å²) in [6, 6.07) is 36.7. The van der Waals surface area contributed by atoms with E-state index in [0.29, 0.717) is 0 Å². The topological polar surface area (TPSA) is 12.4 Å². The Morgan fingerprint density at radius 2 is 1.21 bits per heavy atom. The van der Waals surface area contributed by atoms with Crippen molar-refractivity contribution >= 4 is 22.5 Å². The zero-order chi connectivity index (χ0) is 19.2. The molecule has 0 aromatic heterocycles. The summed E-state index contributed by atoms with van der Waals surface area (Å²) in [4.78, 5) is 5.01. The molecule has 1 nitrogen and oxygen atoms in total. The molecule has 4 aromatic carbocycles. The van der Waals surface area contributed by atoms with Crippen LogP contribution in [-0.4, -0.2) is 5.71 Å². The average molecular weight is 369 g/mol. The van der Waals surface area contributed by atoms with Crippen molar-refractivity contribution in [2.75, 3.05) is 0 Å². The molecule has 4 aromatic rings. The van der Waals surface area contributed by atoms with Crippen LogP contribution in [0.3, 0.4) is 0 Å². The lowest BCUT2D eigenvalue weighted by atomic mass is 9.78. The van der Waals surface area contributed by atoms with Gasteiger partial charge in [0.25, 0.3) is 0 Å². The van der Waals surface area contributed by atoms with Gasteiger partial charge in [0, 0.05) is 17.6 Å². The van der Waals surface area contributed by atoms with E-state index in [1.165, 1.54) is 50.2 Å². The van der Waals surface area contributed by atoms with Gasteiger partial charge in [-0.3, -0.25) is 4.99 Å². The molecule has 0 unspecified atom stereocenters. The number of nitrogens with zero attached hydrogens (tertiary/aromatic N) is 1. The van der Waals surface area contributed by atoms with Gasteiger partial charge in [0.1, 0.15) is 0 Å². The van der Waals surface area contributed by atoms with Crippen molar-refractivity contribution in [3.63, 3.8) is 0 Å². The molecule has 0 radical (unpaired) electrons. The number of aliphatic imine (C=N–C) groups is 1. The lowest BCUT2D eigenvalue weighted by Crippen LogP contribution is -2.13. The van der Waals surface area contributed by atoms with Crippen LogP contribution >= 0.6 is 0 Å². The molecule has 6 rings (SSSR count). The Kier molecular flexibility index (Phi) is 3.60. The van der Waals surface area contributed by atoms with Crippen molar-refractivity contribution in [2.45, 2.75) is 6.42 Å². The molecule has 136 valence electrons. The Morgan fingerprint density at radius 3 is 2.00 bits per heavy atom. The molecule has 0 amide bonds. The Hall–Kier alpha value is -3.71. The zero-order valence-corrected chi connectivity index (χ0v) is 16.0. The molecule has 1 aliphatic carbocycles. The quantitative estimate of drug-likeness (QED) is 0.362. The van der Waals surface area contributed by atoms with Crippen molar-refractivity contribution in [3.8, 4) is 11.1 Å². The maximum Gasteiger partial charge on any atom is 0.0712 e. The maximum atomic E-state index is 5.01. The lowest BCUT2D eigenvalue weighted by molar-refractivity contribution is 1.29. The summed E-state index contributed by atoms with van der Waals surface area (Å²) in [5.41, 5.74) is 12.5. The molecule has 0 N–H and O–H groups in total. The van der Waals surface area contributed by atoms with Crippen LogP contribution in [0.2, 0.25) is 0 Å². The smallest absolute Gasteiger partial charge is 0.0712 e. The minimum absolute atomic E-state index is 0.871. The van der Waals surface area contributed by atoms with Crippen LogP contribution in [0.5, 0.6) is 0 Å². The van der Waals surface area contributed by atoms with E-state index in [1.54, 1.807) is 0 Å². The molecule has 1 aliphatic heterocycles. The minimum Gasteiger partial charge on any atom is -0.252 e. The average Bonchev–Trinajstić information content (AvgIpc) is 3.16. The lowest BCUT2D eigenvalue weighted by Gasteiger charge is -2.24. The zero-order valence-electron chi connectivity index (χ0n) is 16.0. The fraction of sp³-hybridized carbons (Fsp3) is 0.0357. The highest BCUT2D eigenvalue weighted by Crippen LogP contribution is 2.46. The molecular weight excluding hydrogens is 350 g/mol. The van der Waals surface area contributed by atoms with E-state index < -0.39 is 0 Å². The number of allylic oxidation sites excluding steroid dienone is 1. The minimum atomic E-state index is 0.871. The molecule has 0 saturated carbocycles. The predicted octanol–water partition coefficient (Wildman–Crippen LogP) is 6.95. The van der Waals surface area contributed by atoms with Gasteiger partial charge >= 0.3 is 0 Å². The van der Waals surface area contributed by atoms with E-state index in [1.807, 2.05) is 0 Å². The molecule has 0 atom stereocenters. The molecule has 0 bridgehead atoms. The van der Waals surface area contributed by atoms with Crippen molar-refractivity contribution in [2.24, 2.45) is 4.99 Å². The molecule has 29 heavy (non-hydrogen) atoms. The highest BCUT2D eigenvalue weighted by Gasteiger charge is 2.30. The number of rotatable bonds is 2. The first-order valence-electron chi connectivity index (χ1n) is 10.0. The second-order valence-electron chi connectivity index (χ2n) is 7.61. The first kappa shape index (κ1) is 16.3. The second kappa shape index (κ2) is 6.42. The Labute approximate surface area is 170 Å². The maximum absolute atomic E-state index is 5.01. The van der Waals surface area contributed by atoms with Crippen molar-refractivity contribution in [1.82, 2.24) is 0 Å². The fourth-order valence-electron chi connectivity index (χ4n) is 4.56. The number of para-hydroxylation sites is 1. The van der Waals surface area contributed by atoms with Gasteiger partial charge in [-0.2, -0.15) is 0 Å². The van der Waals surface area contributed by atoms with Crippen molar-refractivity contribution < 1.29 is 0 Å². The number of benzene rings is 4. The largest absolute Gasteiger partial charge is 0.252 e. The highest BCUT2D eigenvalue weighted by molar-refractivity contribution is 6.38. The summed E-state index contributed by atoms with van der Waals surface area (Å²) in [5.74, 6) is 0. The summed E-state index contributed by atoms with van der Waals surface area (Å²) >= 11 is 0. The van der Waals surface area contributed by atoms with Gasteiger partial charge in [0.2, 0.25) is 0 Å². The van der Waals surface area contributed by atoms with E-state index in [0.717, 1.165) is 12.1 Å². The summed E-state index contributed by atoms with van der Waals surface area (Å²) in [7, 11) is 0. The molecule has 1 heteroatoms. The van der Waals surface area contributed by atoms with Crippen LogP contribution in [0.25, 0.3) is 22.3 Å². The SMILES string of the molecule is c1ccc(C2=C3C(=Nc4ccccc43)Cc3cc(-c4ccccc4)ccc32)cc1. The van der Waals surface area contributed by atoms with E-state index in [2.05, 4.69) is 103 Å². The third kappa shape index (κ3) is 2.59. The van der Waals surface area contributed by atoms with Crippen molar-refractivity contribution in [3.05, 3.63) is 125 Å². The van der Waals surface area contributed by atoms with E-state index >= 15 is 0 Å². The Morgan fingerprint density at radius 1 is 0.517 bits per heavy atom. The number of hydrogen-bond donors (Lipinski definition) is 0. The van der Waals surface area contributed by atoms with E-state index in [9.17, 15) is 0 Å². The second-order valence-corrected chi connectivity index (χ2v) is 7.61. The first-order chi connectivity index (χ1) is 14.4. The van der Waals surface area contributed by atoms with Crippen LogP contribution in [0.4, 0.5) is 5.69 Å². The van der Waals surface area contributed by atoms with E-state index in [-0.39, 0.29) is 0 Å². The summed E-state index contributed by atoms with van der Waals surface area (Å²) in [5, 5.41) is 0. The predicted molar refractivity (Wildman–Crippen MR) is 121 cm³/mol. The molecule has 0 fully saturated rings. The summed E-state index contributed by atoms with van der Waals surface area (Å²) in [6.45, 7) is 0. The van der Waals surface area contributed by atoms with Gasteiger partial charge in [-0.15, -0.1) is 0 Å². The van der Waals surface area contributed by atoms with Crippen LogP contribution in [0, 0.1) is 0 Å². The summed E-state index contributed by atoms with van der Waals surface area (Å²) in [6.07, 6.45) is 0.871. The third-order valence-electron chi connectivity index (χ3n) is 5.87. The standard InChI is InChI=1S/C28H19N/c1-3-9-19(10-4-1)21-15-16-23-22(17-21)18-26-28(24-13-7-8-14-25(24)29-26)27(23)20-11-5-2-6-12-20/h1-17H,18H2. The van der Waals surface area contributed by atoms with Gasteiger partial charge in [0.05, 0.1) is 11.4 Å². The van der Waals surface area contributed by atoms with Gasteiger partial charge in [0.15, 0.2) is 0 Å². The monoisotopic (exact) mass is 369 g/mol. The molecule has 0 spiro atoms. The van der Waals surface area contributed by atoms with Gasteiger partial charge in [-0.25, -0.2) is 0 Å². The number of fused-ring (bicyclic) bond motifs is 4. The molecular formula is C28H19N. The number of hydrogen-bond acceptors (Lipinski definition) is 1. The Balaban J connectivity index is 1.62. The molecule has 2 aliphatic rings. The van der Waals surface area contributed by atoms with Gasteiger partial charge in [-0.05, 0) is 39.5 Å². The molecule has 1 heterocycles. The Bertz CT molecular complexity index is 1290. The van der Waals surface area contributed by atoms with Crippen LogP contribution in [-0.2, 0) is 6.42 Å². The highest BCUT2D eigenvalue weighted by atomic mass is 14.8. The van der Waals surface area contributed by atoms with Crippen LogP contribution < -0.4 is 0 Å². The third-order valence-corrected chi connectivity index (χ3v) is 5.87. The van der Waals surface area contributed by atoms with Crippen molar-refractivity contribution in [1.29, 1.82) is 0 Å². The van der Waals surface area contributed by atoms with Gasteiger partial charge < -0.3 is 0 Å². The summed E-state index contributed by atoms with van der Waals surface area (Å²) < 4.78 is 0. The van der Waals surface area contributed by atoms with Gasteiger partial charge in [-0.1, -0.05) is 97.1 Å².